The number of unbranched alkanes of at least 4 members (excludes halogenated alkanes) is 1. The topological polar surface area (TPSA) is 15.3 Å². The quantitative estimate of drug-likeness (QED) is 0.762. The minimum Gasteiger partial charge on any atom is -0.314 e. The third-order valence-electron chi connectivity index (χ3n) is 3.52. The van der Waals surface area contributed by atoms with Crippen molar-refractivity contribution in [3.63, 3.8) is 0 Å². The molecule has 1 N–H and O–H groups in total. The number of likely N-dealkylation sites (tertiary alicyclic amines) is 1. The van der Waals surface area contributed by atoms with Gasteiger partial charge in [-0.05, 0) is 38.8 Å². The molecule has 0 aromatic carbocycles. The lowest BCUT2D eigenvalue weighted by Gasteiger charge is -2.19. The predicted molar refractivity (Wildman–Crippen MR) is 67.6 cm³/mol. The van der Waals surface area contributed by atoms with Crippen molar-refractivity contribution in [1.29, 1.82) is 0 Å². The minimum absolute atomic E-state index is 0.372. The Morgan fingerprint density at radius 2 is 2.11 bits per heavy atom. The molecule has 108 valence electrons. The molecular weight excluding hydrogens is 241 g/mol. The monoisotopic (exact) mass is 266 g/mol. The summed E-state index contributed by atoms with van der Waals surface area (Å²) < 4.78 is 36.7. The van der Waals surface area contributed by atoms with Crippen molar-refractivity contribution in [3.05, 3.63) is 0 Å². The summed E-state index contributed by atoms with van der Waals surface area (Å²) in [5.41, 5.74) is 0. The van der Waals surface area contributed by atoms with Gasteiger partial charge in [0.15, 0.2) is 0 Å². The van der Waals surface area contributed by atoms with Gasteiger partial charge in [0.05, 0.1) is 6.54 Å². The molecule has 18 heavy (non-hydrogen) atoms. The molecule has 1 heterocycles. The summed E-state index contributed by atoms with van der Waals surface area (Å²) in [4.78, 5) is 1.52. The predicted octanol–water partition coefficient (Wildman–Crippen LogP) is 3.04. The van der Waals surface area contributed by atoms with E-state index in [9.17, 15) is 13.2 Å². The van der Waals surface area contributed by atoms with Crippen molar-refractivity contribution < 1.29 is 13.2 Å². The van der Waals surface area contributed by atoms with Crippen molar-refractivity contribution in [1.82, 2.24) is 10.2 Å². The average Bonchev–Trinajstić information content (AvgIpc) is 2.68. The van der Waals surface area contributed by atoms with Gasteiger partial charge in [-0.25, -0.2) is 0 Å². The summed E-state index contributed by atoms with van der Waals surface area (Å²) in [7, 11) is 0. The van der Waals surface area contributed by atoms with E-state index in [2.05, 4.69) is 19.2 Å². The standard InChI is InChI=1S/C13H25F3N2/c1-3-4-5-11(2)17-8-12-6-7-18(9-12)10-13(14,15)16/h11-12,17H,3-10H2,1-2H3. The molecule has 1 rings (SSSR count). The van der Waals surface area contributed by atoms with Crippen molar-refractivity contribution in [2.24, 2.45) is 5.92 Å². The van der Waals surface area contributed by atoms with Crippen LogP contribution in [-0.2, 0) is 0 Å². The van der Waals surface area contributed by atoms with Crippen LogP contribution < -0.4 is 5.32 Å². The maximum Gasteiger partial charge on any atom is 0.401 e. The fourth-order valence-electron chi connectivity index (χ4n) is 2.46. The highest BCUT2D eigenvalue weighted by atomic mass is 19.4. The first-order valence-electron chi connectivity index (χ1n) is 6.93. The Balaban J connectivity index is 2.14. The van der Waals surface area contributed by atoms with E-state index in [-0.39, 0.29) is 0 Å². The zero-order valence-electron chi connectivity index (χ0n) is 11.4. The molecule has 1 aliphatic heterocycles. The number of hydrogen-bond acceptors (Lipinski definition) is 2. The number of rotatable bonds is 7. The lowest BCUT2D eigenvalue weighted by atomic mass is 10.1. The highest BCUT2D eigenvalue weighted by Crippen LogP contribution is 2.22. The van der Waals surface area contributed by atoms with Crippen LogP contribution >= 0.6 is 0 Å². The molecule has 2 unspecified atom stereocenters. The summed E-state index contributed by atoms with van der Waals surface area (Å²) in [6, 6.07) is 0.474. The van der Waals surface area contributed by atoms with Gasteiger partial charge in [-0.1, -0.05) is 19.8 Å². The van der Waals surface area contributed by atoms with E-state index in [1.807, 2.05) is 0 Å². The van der Waals surface area contributed by atoms with E-state index >= 15 is 0 Å². The number of alkyl halides is 3. The van der Waals surface area contributed by atoms with Crippen LogP contribution in [0.3, 0.4) is 0 Å². The first kappa shape index (κ1) is 15.8. The summed E-state index contributed by atoms with van der Waals surface area (Å²) >= 11 is 0. The van der Waals surface area contributed by atoms with E-state index in [0.717, 1.165) is 19.4 Å². The molecule has 0 aromatic rings. The summed E-state index contributed by atoms with van der Waals surface area (Å²) in [5.74, 6) is 0.372. The normalized spacial score (nSPS) is 23.5. The van der Waals surface area contributed by atoms with Gasteiger partial charge in [0.1, 0.15) is 0 Å². The van der Waals surface area contributed by atoms with Crippen LogP contribution in [0.4, 0.5) is 13.2 Å². The van der Waals surface area contributed by atoms with Crippen LogP contribution in [0.15, 0.2) is 0 Å². The SMILES string of the molecule is CCCCC(C)NCC1CCN(CC(F)(F)F)C1. The molecule has 1 aliphatic rings. The van der Waals surface area contributed by atoms with Gasteiger partial charge >= 0.3 is 6.18 Å². The molecule has 0 radical (unpaired) electrons. The zero-order valence-corrected chi connectivity index (χ0v) is 11.4. The fourth-order valence-corrected chi connectivity index (χ4v) is 2.46. The first-order valence-corrected chi connectivity index (χ1v) is 6.93. The van der Waals surface area contributed by atoms with E-state index in [1.54, 1.807) is 0 Å². The Morgan fingerprint density at radius 3 is 2.72 bits per heavy atom. The molecule has 0 amide bonds. The van der Waals surface area contributed by atoms with Gasteiger partial charge in [-0.2, -0.15) is 13.2 Å². The van der Waals surface area contributed by atoms with Crippen molar-refractivity contribution in [2.75, 3.05) is 26.2 Å². The Hall–Kier alpha value is -0.290. The molecule has 0 spiro atoms. The number of nitrogens with one attached hydrogen (secondary N) is 1. The van der Waals surface area contributed by atoms with E-state index in [1.165, 1.54) is 17.7 Å². The second kappa shape index (κ2) is 7.34. The van der Waals surface area contributed by atoms with E-state index < -0.39 is 12.7 Å². The van der Waals surface area contributed by atoms with Gasteiger partial charge < -0.3 is 5.32 Å². The molecule has 0 aliphatic carbocycles. The summed E-state index contributed by atoms with van der Waals surface area (Å²) in [5, 5.41) is 3.43. The van der Waals surface area contributed by atoms with Gasteiger partial charge in [0, 0.05) is 12.6 Å². The van der Waals surface area contributed by atoms with Crippen LogP contribution in [0.5, 0.6) is 0 Å². The van der Waals surface area contributed by atoms with Crippen LogP contribution in [0.2, 0.25) is 0 Å². The highest BCUT2D eigenvalue weighted by molar-refractivity contribution is 4.79. The molecule has 0 saturated carbocycles. The Kier molecular flexibility index (Phi) is 6.43. The summed E-state index contributed by atoms with van der Waals surface area (Å²) in [6.07, 6.45) is 0.365. The van der Waals surface area contributed by atoms with Crippen molar-refractivity contribution in [3.8, 4) is 0 Å². The molecule has 0 aromatic heterocycles. The Labute approximate surface area is 108 Å². The van der Waals surface area contributed by atoms with Gasteiger partial charge in [0.25, 0.3) is 0 Å². The van der Waals surface area contributed by atoms with Gasteiger partial charge in [-0.3, -0.25) is 4.90 Å². The molecular formula is C13H25F3N2. The lowest BCUT2D eigenvalue weighted by Crippen LogP contribution is -2.35. The third kappa shape index (κ3) is 6.59. The first-order chi connectivity index (χ1) is 8.40. The minimum atomic E-state index is -4.06. The second-order valence-electron chi connectivity index (χ2n) is 5.46. The molecule has 2 atom stereocenters. The molecule has 1 saturated heterocycles. The average molecular weight is 266 g/mol. The van der Waals surface area contributed by atoms with Crippen LogP contribution in [0.25, 0.3) is 0 Å². The molecule has 0 bridgehead atoms. The smallest absolute Gasteiger partial charge is 0.314 e. The number of hydrogen-bond donors (Lipinski definition) is 1. The Bertz CT molecular complexity index is 231. The van der Waals surface area contributed by atoms with Crippen LogP contribution in [0, 0.1) is 5.92 Å². The number of nitrogens with zero attached hydrogens (tertiary/aromatic N) is 1. The van der Waals surface area contributed by atoms with Crippen LogP contribution in [-0.4, -0.2) is 43.3 Å². The fraction of sp³-hybridized carbons (Fsp3) is 1.00. The van der Waals surface area contributed by atoms with E-state index in [0.29, 0.717) is 25.0 Å². The summed E-state index contributed by atoms with van der Waals surface area (Å²) in [6.45, 7) is 5.56. The van der Waals surface area contributed by atoms with Gasteiger partial charge in [-0.15, -0.1) is 0 Å². The number of halogens is 3. The second-order valence-corrected chi connectivity index (χ2v) is 5.46. The maximum atomic E-state index is 12.2. The Morgan fingerprint density at radius 1 is 1.39 bits per heavy atom. The van der Waals surface area contributed by atoms with Crippen LogP contribution in [0.1, 0.15) is 39.5 Å². The highest BCUT2D eigenvalue weighted by Gasteiger charge is 2.34. The van der Waals surface area contributed by atoms with Gasteiger partial charge in [0.2, 0.25) is 0 Å². The molecule has 5 heteroatoms. The molecule has 2 nitrogen and oxygen atoms in total. The zero-order chi connectivity index (χ0) is 13.6. The van der Waals surface area contributed by atoms with Crippen molar-refractivity contribution >= 4 is 0 Å². The molecule has 1 fully saturated rings. The van der Waals surface area contributed by atoms with E-state index in [4.69, 9.17) is 0 Å². The lowest BCUT2D eigenvalue weighted by molar-refractivity contribution is -0.143. The largest absolute Gasteiger partial charge is 0.401 e. The maximum absolute atomic E-state index is 12.2. The third-order valence-corrected chi connectivity index (χ3v) is 3.52. The van der Waals surface area contributed by atoms with Crippen molar-refractivity contribution in [2.45, 2.75) is 51.7 Å².